The van der Waals surface area contributed by atoms with Gasteiger partial charge in [0.05, 0.1) is 5.92 Å². The SMILES string of the molecule is CC1NCCC1C(=O)NC1CCN(C(C)C)CC1. The fourth-order valence-electron chi connectivity index (χ4n) is 3.09. The summed E-state index contributed by atoms with van der Waals surface area (Å²) in [6.07, 6.45) is 3.18. The van der Waals surface area contributed by atoms with Crippen molar-refractivity contribution < 1.29 is 4.79 Å². The third-order valence-corrected chi connectivity index (χ3v) is 4.47. The molecule has 2 atom stereocenters. The second-order valence-electron chi connectivity index (χ2n) is 6.05. The Balaban J connectivity index is 1.76. The molecule has 4 nitrogen and oxygen atoms in total. The van der Waals surface area contributed by atoms with Crippen LogP contribution in [0, 0.1) is 5.92 Å². The maximum absolute atomic E-state index is 12.2. The van der Waals surface area contributed by atoms with Crippen LogP contribution in [0.25, 0.3) is 0 Å². The number of carbonyl (C=O) groups is 1. The number of nitrogens with one attached hydrogen (secondary N) is 2. The van der Waals surface area contributed by atoms with Crippen LogP contribution in [0.4, 0.5) is 0 Å². The summed E-state index contributed by atoms with van der Waals surface area (Å²) in [5.74, 6) is 0.434. The smallest absolute Gasteiger partial charge is 0.224 e. The molecule has 2 N–H and O–H groups in total. The Labute approximate surface area is 110 Å². The molecule has 2 fully saturated rings. The van der Waals surface area contributed by atoms with Crippen LogP contribution in [0.5, 0.6) is 0 Å². The summed E-state index contributed by atoms with van der Waals surface area (Å²) in [5, 5.41) is 6.59. The second-order valence-corrected chi connectivity index (χ2v) is 6.05. The van der Waals surface area contributed by atoms with Crippen LogP contribution in [-0.4, -0.2) is 48.6 Å². The van der Waals surface area contributed by atoms with Gasteiger partial charge < -0.3 is 15.5 Å². The highest BCUT2D eigenvalue weighted by atomic mass is 16.2. The number of piperidine rings is 1. The van der Waals surface area contributed by atoms with Crippen molar-refractivity contribution in [3.63, 3.8) is 0 Å². The first-order chi connectivity index (χ1) is 8.58. The van der Waals surface area contributed by atoms with Gasteiger partial charge in [0.2, 0.25) is 5.91 Å². The van der Waals surface area contributed by atoms with Crippen LogP contribution >= 0.6 is 0 Å². The molecule has 2 unspecified atom stereocenters. The molecule has 0 aromatic carbocycles. The van der Waals surface area contributed by atoms with E-state index in [1.807, 2.05) is 0 Å². The zero-order valence-corrected chi connectivity index (χ0v) is 11.9. The van der Waals surface area contributed by atoms with E-state index < -0.39 is 0 Å². The molecule has 0 aromatic rings. The lowest BCUT2D eigenvalue weighted by Gasteiger charge is -2.35. The van der Waals surface area contributed by atoms with Crippen molar-refractivity contribution in [1.82, 2.24) is 15.5 Å². The molecule has 2 aliphatic heterocycles. The van der Waals surface area contributed by atoms with Gasteiger partial charge in [0, 0.05) is 31.2 Å². The fourth-order valence-corrected chi connectivity index (χ4v) is 3.09. The van der Waals surface area contributed by atoms with Crippen LogP contribution in [-0.2, 0) is 4.79 Å². The average Bonchev–Trinajstić information content (AvgIpc) is 2.76. The number of nitrogens with zero attached hydrogens (tertiary/aromatic N) is 1. The number of likely N-dealkylation sites (tertiary alicyclic amines) is 1. The number of rotatable bonds is 3. The molecule has 0 radical (unpaired) electrons. The molecule has 0 aliphatic carbocycles. The molecule has 0 aromatic heterocycles. The molecule has 2 rings (SSSR count). The van der Waals surface area contributed by atoms with Gasteiger partial charge in [-0.25, -0.2) is 0 Å². The van der Waals surface area contributed by atoms with Gasteiger partial charge in [-0.05, 0) is 46.6 Å². The summed E-state index contributed by atoms with van der Waals surface area (Å²) >= 11 is 0. The van der Waals surface area contributed by atoms with Gasteiger partial charge in [-0.3, -0.25) is 4.79 Å². The number of hydrogen-bond donors (Lipinski definition) is 2. The van der Waals surface area contributed by atoms with E-state index in [9.17, 15) is 4.79 Å². The average molecular weight is 253 g/mol. The molecule has 0 saturated carbocycles. The van der Waals surface area contributed by atoms with Crippen molar-refractivity contribution in [2.45, 2.75) is 58.2 Å². The van der Waals surface area contributed by atoms with Crippen LogP contribution < -0.4 is 10.6 Å². The fraction of sp³-hybridized carbons (Fsp3) is 0.929. The van der Waals surface area contributed by atoms with Gasteiger partial charge in [-0.1, -0.05) is 0 Å². The Morgan fingerprint density at radius 3 is 2.44 bits per heavy atom. The lowest BCUT2D eigenvalue weighted by atomic mass is 9.98. The van der Waals surface area contributed by atoms with Gasteiger partial charge in [-0.15, -0.1) is 0 Å². The van der Waals surface area contributed by atoms with Gasteiger partial charge >= 0.3 is 0 Å². The Morgan fingerprint density at radius 1 is 1.28 bits per heavy atom. The van der Waals surface area contributed by atoms with E-state index >= 15 is 0 Å². The zero-order valence-electron chi connectivity index (χ0n) is 11.9. The summed E-state index contributed by atoms with van der Waals surface area (Å²) in [4.78, 5) is 14.7. The predicted molar refractivity (Wildman–Crippen MR) is 73.4 cm³/mol. The molecular formula is C14H27N3O. The first-order valence-corrected chi connectivity index (χ1v) is 7.35. The highest BCUT2D eigenvalue weighted by molar-refractivity contribution is 5.80. The third-order valence-electron chi connectivity index (χ3n) is 4.47. The summed E-state index contributed by atoms with van der Waals surface area (Å²) in [7, 11) is 0. The first-order valence-electron chi connectivity index (χ1n) is 7.35. The van der Waals surface area contributed by atoms with Crippen molar-refractivity contribution in [1.29, 1.82) is 0 Å². The van der Waals surface area contributed by atoms with E-state index in [1.54, 1.807) is 0 Å². The van der Waals surface area contributed by atoms with Crippen molar-refractivity contribution in [2.24, 2.45) is 5.92 Å². The van der Waals surface area contributed by atoms with Crippen molar-refractivity contribution in [2.75, 3.05) is 19.6 Å². The standard InChI is InChI=1S/C14H27N3O/c1-10(2)17-8-5-12(6-9-17)16-14(18)13-4-7-15-11(13)3/h10-13,15H,4-9H2,1-3H3,(H,16,18). The Hall–Kier alpha value is -0.610. The minimum Gasteiger partial charge on any atom is -0.353 e. The number of hydrogen-bond acceptors (Lipinski definition) is 3. The van der Waals surface area contributed by atoms with E-state index in [0.717, 1.165) is 38.9 Å². The molecule has 0 bridgehead atoms. The highest BCUT2D eigenvalue weighted by Crippen LogP contribution is 2.18. The largest absolute Gasteiger partial charge is 0.353 e. The van der Waals surface area contributed by atoms with Crippen molar-refractivity contribution in [3.05, 3.63) is 0 Å². The minimum absolute atomic E-state index is 0.174. The van der Waals surface area contributed by atoms with E-state index in [-0.39, 0.29) is 11.8 Å². The summed E-state index contributed by atoms with van der Waals surface area (Å²) < 4.78 is 0. The van der Waals surface area contributed by atoms with E-state index in [1.165, 1.54) is 0 Å². The predicted octanol–water partition coefficient (Wildman–Crippen LogP) is 0.973. The minimum atomic E-state index is 0.174. The van der Waals surface area contributed by atoms with Crippen molar-refractivity contribution >= 4 is 5.91 Å². The summed E-state index contributed by atoms with van der Waals surface area (Å²) in [5.41, 5.74) is 0. The molecule has 18 heavy (non-hydrogen) atoms. The molecule has 2 saturated heterocycles. The Morgan fingerprint density at radius 2 is 1.94 bits per heavy atom. The quantitative estimate of drug-likeness (QED) is 0.788. The zero-order chi connectivity index (χ0) is 13.1. The maximum Gasteiger partial charge on any atom is 0.224 e. The molecule has 104 valence electrons. The van der Waals surface area contributed by atoms with Crippen LogP contribution in [0.3, 0.4) is 0 Å². The van der Waals surface area contributed by atoms with Gasteiger partial charge in [0.25, 0.3) is 0 Å². The number of amides is 1. The van der Waals surface area contributed by atoms with Crippen molar-refractivity contribution in [3.8, 4) is 0 Å². The molecule has 2 aliphatic rings. The third kappa shape index (κ3) is 3.23. The Kier molecular flexibility index (Phi) is 4.62. The highest BCUT2D eigenvalue weighted by Gasteiger charge is 2.31. The Bertz CT molecular complexity index is 285. The summed E-state index contributed by atoms with van der Waals surface area (Å²) in [6.45, 7) is 9.79. The first kappa shape index (κ1) is 13.8. The topological polar surface area (TPSA) is 44.4 Å². The summed E-state index contributed by atoms with van der Waals surface area (Å²) in [6, 6.07) is 1.35. The molecule has 0 spiro atoms. The molecular weight excluding hydrogens is 226 g/mol. The van der Waals surface area contributed by atoms with E-state index in [4.69, 9.17) is 0 Å². The monoisotopic (exact) mass is 253 g/mol. The second kappa shape index (κ2) is 6.02. The van der Waals surface area contributed by atoms with Gasteiger partial charge in [0.15, 0.2) is 0 Å². The lowest BCUT2D eigenvalue weighted by Crippen LogP contribution is -2.48. The van der Waals surface area contributed by atoms with E-state index in [2.05, 4.69) is 36.3 Å². The normalized spacial score (nSPS) is 30.9. The van der Waals surface area contributed by atoms with Gasteiger partial charge in [-0.2, -0.15) is 0 Å². The maximum atomic E-state index is 12.2. The van der Waals surface area contributed by atoms with Gasteiger partial charge in [0.1, 0.15) is 0 Å². The van der Waals surface area contributed by atoms with Crippen LogP contribution in [0.15, 0.2) is 0 Å². The molecule has 4 heteroatoms. The van der Waals surface area contributed by atoms with Crippen LogP contribution in [0.1, 0.15) is 40.0 Å². The molecule has 2 heterocycles. The lowest BCUT2D eigenvalue weighted by molar-refractivity contribution is -0.126. The van der Waals surface area contributed by atoms with Crippen LogP contribution in [0.2, 0.25) is 0 Å². The number of carbonyl (C=O) groups excluding carboxylic acids is 1. The van der Waals surface area contributed by atoms with E-state index in [0.29, 0.717) is 18.1 Å². The molecule has 1 amide bonds.